The first-order valence-corrected chi connectivity index (χ1v) is 8.76. The zero-order valence-corrected chi connectivity index (χ0v) is 13.8. The van der Waals surface area contributed by atoms with Gasteiger partial charge in [-0.3, -0.25) is 5.10 Å². The molecule has 1 N–H and O–H groups in total. The Morgan fingerprint density at radius 1 is 1.25 bits per heavy atom. The van der Waals surface area contributed by atoms with Gasteiger partial charge in [-0.1, -0.05) is 45.9 Å². The Hall–Kier alpha value is -1.11. The van der Waals surface area contributed by atoms with Crippen molar-refractivity contribution in [3.63, 3.8) is 0 Å². The van der Waals surface area contributed by atoms with Crippen molar-refractivity contribution in [1.82, 2.24) is 15.2 Å². The molecular formula is C14H12BrN3S2. The Kier molecular flexibility index (Phi) is 4.54. The molecule has 1 aromatic carbocycles. The van der Waals surface area contributed by atoms with Crippen LogP contribution in [0.2, 0.25) is 0 Å². The molecule has 0 aliphatic rings. The second kappa shape index (κ2) is 6.56. The molecular weight excluding hydrogens is 354 g/mol. The topological polar surface area (TPSA) is 41.6 Å². The summed E-state index contributed by atoms with van der Waals surface area (Å²) in [6.45, 7) is 0. The lowest BCUT2D eigenvalue weighted by Crippen LogP contribution is -1.87. The number of H-pyrrole nitrogens is 1. The molecule has 0 unspecified atom stereocenters. The molecule has 0 radical (unpaired) electrons. The highest BCUT2D eigenvalue weighted by atomic mass is 79.9. The molecule has 0 fully saturated rings. The number of aromatic nitrogens is 3. The van der Waals surface area contributed by atoms with Crippen molar-refractivity contribution in [3.05, 3.63) is 62.5 Å². The van der Waals surface area contributed by atoms with Crippen molar-refractivity contribution in [2.45, 2.75) is 17.3 Å². The van der Waals surface area contributed by atoms with E-state index < -0.39 is 0 Å². The Morgan fingerprint density at radius 3 is 3.00 bits per heavy atom. The van der Waals surface area contributed by atoms with Gasteiger partial charge in [-0.05, 0) is 29.1 Å². The van der Waals surface area contributed by atoms with Crippen molar-refractivity contribution < 1.29 is 0 Å². The van der Waals surface area contributed by atoms with Gasteiger partial charge in [-0.15, -0.1) is 16.4 Å². The lowest BCUT2D eigenvalue weighted by molar-refractivity contribution is 0.960. The van der Waals surface area contributed by atoms with E-state index in [9.17, 15) is 0 Å². The van der Waals surface area contributed by atoms with Crippen molar-refractivity contribution in [1.29, 1.82) is 0 Å². The summed E-state index contributed by atoms with van der Waals surface area (Å²) in [6, 6.07) is 12.5. The van der Waals surface area contributed by atoms with Gasteiger partial charge in [0.1, 0.15) is 5.82 Å². The number of hydrogen-bond donors (Lipinski definition) is 1. The monoisotopic (exact) mass is 365 g/mol. The molecule has 20 heavy (non-hydrogen) atoms. The molecule has 3 aromatic rings. The lowest BCUT2D eigenvalue weighted by atomic mass is 10.2. The molecule has 0 aliphatic carbocycles. The number of nitrogens with one attached hydrogen (secondary N) is 1. The van der Waals surface area contributed by atoms with Crippen molar-refractivity contribution in [2.75, 3.05) is 0 Å². The van der Waals surface area contributed by atoms with Gasteiger partial charge in [0.2, 0.25) is 5.16 Å². The largest absolute Gasteiger partial charge is 0.262 e. The minimum Gasteiger partial charge on any atom is -0.262 e. The highest BCUT2D eigenvalue weighted by molar-refractivity contribution is 9.10. The molecule has 3 rings (SSSR count). The second-order valence-corrected chi connectivity index (χ2v) is 7.13. The molecule has 6 heteroatoms. The van der Waals surface area contributed by atoms with Crippen LogP contribution in [0.3, 0.4) is 0 Å². The second-order valence-electron chi connectivity index (χ2n) is 4.24. The van der Waals surface area contributed by atoms with Crippen LogP contribution in [0.1, 0.15) is 16.3 Å². The third kappa shape index (κ3) is 3.71. The van der Waals surface area contributed by atoms with E-state index in [1.54, 1.807) is 23.1 Å². The molecule has 2 heterocycles. The average molecular weight is 366 g/mol. The van der Waals surface area contributed by atoms with Gasteiger partial charge in [0.25, 0.3) is 0 Å². The van der Waals surface area contributed by atoms with Crippen LogP contribution < -0.4 is 0 Å². The minimum absolute atomic E-state index is 0.802. The Bertz CT molecular complexity index is 679. The van der Waals surface area contributed by atoms with Crippen molar-refractivity contribution >= 4 is 39.0 Å². The molecule has 0 saturated carbocycles. The van der Waals surface area contributed by atoms with E-state index in [0.29, 0.717) is 0 Å². The molecule has 3 nitrogen and oxygen atoms in total. The van der Waals surface area contributed by atoms with Gasteiger partial charge in [0, 0.05) is 21.5 Å². The summed E-state index contributed by atoms with van der Waals surface area (Å²) in [6.07, 6.45) is 0.822. The lowest BCUT2D eigenvalue weighted by Gasteiger charge is -1.98. The number of benzene rings is 1. The summed E-state index contributed by atoms with van der Waals surface area (Å²) in [5, 5.41) is 10.1. The maximum absolute atomic E-state index is 4.51. The predicted molar refractivity (Wildman–Crippen MR) is 87.2 cm³/mol. The maximum Gasteiger partial charge on any atom is 0.208 e. The average Bonchev–Trinajstić information content (AvgIpc) is 3.09. The fourth-order valence-electron chi connectivity index (χ4n) is 1.77. The van der Waals surface area contributed by atoms with Crippen LogP contribution in [-0.2, 0) is 12.2 Å². The van der Waals surface area contributed by atoms with E-state index in [-0.39, 0.29) is 0 Å². The third-order valence-electron chi connectivity index (χ3n) is 2.69. The molecule has 102 valence electrons. The van der Waals surface area contributed by atoms with Crippen molar-refractivity contribution in [3.8, 4) is 0 Å². The summed E-state index contributed by atoms with van der Waals surface area (Å²) >= 11 is 6.86. The number of aromatic amines is 1. The minimum atomic E-state index is 0.802. The molecule has 0 aliphatic heterocycles. The van der Waals surface area contributed by atoms with Crippen LogP contribution in [0.15, 0.2) is 51.4 Å². The fraction of sp³-hybridized carbons (Fsp3) is 0.143. The van der Waals surface area contributed by atoms with E-state index in [1.807, 2.05) is 12.1 Å². The first-order valence-electron chi connectivity index (χ1n) is 6.10. The number of thioether (sulfide) groups is 1. The van der Waals surface area contributed by atoms with Gasteiger partial charge in [0.05, 0.1) is 0 Å². The van der Waals surface area contributed by atoms with Crippen LogP contribution in [0.4, 0.5) is 0 Å². The highest BCUT2D eigenvalue weighted by Crippen LogP contribution is 2.22. The van der Waals surface area contributed by atoms with Crippen LogP contribution in [0, 0.1) is 0 Å². The van der Waals surface area contributed by atoms with Crippen LogP contribution in [-0.4, -0.2) is 15.2 Å². The van der Waals surface area contributed by atoms with Gasteiger partial charge < -0.3 is 0 Å². The van der Waals surface area contributed by atoms with E-state index in [2.05, 4.69) is 60.8 Å². The SMILES string of the molecule is Brc1cccc(CSc2n[nH]c(Cc3cccs3)n2)c1. The molecule has 0 saturated heterocycles. The van der Waals surface area contributed by atoms with E-state index >= 15 is 0 Å². The number of nitrogens with zero attached hydrogens (tertiary/aromatic N) is 2. The van der Waals surface area contributed by atoms with Crippen LogP contribution in [0.5, 0.6) is 0 Å². The number of hydrogen-bond acceptors (Lipinski definition) is 4. The van der Waals surface area contributed by atoms with Crippen LogP contribution >= 0.6 is 39.0 Å². The number of halogens is 1. The Balaban J connectivity index is 1.60. The van der Waals surface area contributed by atoms with Gasteiger partial charge in [0.15, 0.2) is 0 Å². The zero-order chi connectivity index (χ0) is 13.8. The highest BCUT2D eigenvalue weighted by Gasteiger charge is 2.06. The molecule has 2 aromatic heterocycles. The van der Waals surface area contributed by atoms with Crippen LogP contribution in [0.25, 0.3) is 0 Å². The van der Waals surface area contributed by atoms with Gasteiger partial charge in [-0.2, -0.15) is 0 Å². The Morgan fingerprint density at radius 2 is 2.20 bits per heavy atom. The molecule has 0 amide bonds. The molecule has 0 spiro atoms. The van der Waals surface area contributed by atoms with E-state index in [0.717, 1.165) is 27.6 Å². The number of rotatable bonds is 5. The summed E-state index contributed by atoms with van der Waals surface area (Å²) < 4.78 is 1.10. The van der Waals surface area contributed by atoms with Gasteiger partial charge in [-0.25, -0.2) is 4.98 Å². The third-order valence-corrected chi connectivity index (χ3v) is 4.98. The fourth-order valence-corrected chi connectivity index (χ4v) is 3.69. The predicted octanol–water partition coefficient (Wildman–Crippen LogP) is 4.51. The van der Waals surface area contributed by atoms with E-state index in [1.165, 1.54) is 10.4 Å². The zero-order valence-electron chi connectivity index (χ0n) is 10.5. The number of thiophene rings is 1. The molecule has 0 bridgehead atoms. The summed E-state index contributed by atoms with van der Waals surface area (Å²) in [4.78, 5) is 5.81. The first-order chi connectivity index (χ1) is 9.79. The quantitative estimate of drug-likeness (QED) is 0.676. The Labute approximate surface area is 134 Å². The smallest absolute Gasteiger partial charge is 0.208 e. The first kappa shape index (κ1) is 13.9. The summed E-state index contributed by atoms with van der Waals surface area (Å²) in [5.74, 6) is 1.79. The van der Waals surface area contributed by atoms with Crippen molar-refractivity contribution in [2.24, 2.45) is 0 Å². The normalized spacial score (nSPS) is 10.8. The maximum atomic E-state index is 4.51. The summed E-state index contributed by atoms with van der Waals surface area (Å²) in [7, 11) is 0. The standard InChI is InChI=1S/C14H12BrN3S2/c15-11-4-1-3-10(7-11)9-20-14-16-13(17-18-14)8-12-5-2-6-19-12/h1-7H,8-9H2,(H,16,17,18). The summed E-state index contributed by atoms with van der Waals surface area (Å²) in [5.41, 5.74) is 1.26. The van der Waals surface area contributed by atoms with E-state index in [4.69, 9.17) is 0 Å². The van der Waals surface area contributed by atoms with Gasteiger partial charge >= 0.3 is 0 Å². The molecule has 0 atom stereocenters.